The number of hydrogen-bond acceptors (Lipinski definition) is 2. The Labute approximate surface area is 222 Å². The molecule has 3 aromatic carbocycles. The normalized spacial score (nSPS) is 13.5. The molecule has 2 nitrogen and oxygen atoms in total. The predicted molar refractivity (Wildman–Crippen MR) is 145 cm³/mol. The summed E-state index contributed by atoms with van der Waals surface area (Å²) in [6.45, 7) is 4.74. The van der Waals surface area contributed by atoms with Crippen molar-refractivity contribution < 1.29 is 30.7 Å². The summed E-state index contributed by atoms with van der Waals surface area (Å²) >= 11 is -2.27. The molecule has 0 fully saturated rings. The van der Waals surface area contributed by atoms with E-state index in [-0.39, 0.29) is 24.8 Å². The van der Waals surface area contributed by atoms with E-state index in [9.17, 15) is 0 Å². The fourth-order valence-electron chi connectivity index (χ4n) is 5.22. The maximum absolute atomic E-state index is 5.58. The molecule has 5 rings (SSSR count). The molecule has 0 saturated carbocycles. The van der Waals surface area contributed by atoms with E-state index in [1.165, 1.54) is 33.4 Å². The van der Waals surface area contributed by atoms with E-state index in [0.717, 1.165) is 17.9 Å². The smallest absolute Gasteiger partial charge is 0.147 e. The molecule has 3 aromatic rings. The molecule has 0 aromatic heterocycles. The van der Waals surface area contributed by atoms with Crippen molar-refractivity contribution in [1.29, 1.82) is 0 Å². The van der Waals surface area contributed by atoms with Crippen LogP contribution in [0.1, 0.15) is 40.6 Å². The van der Waals surface area contributed by atoms with Gasteiger partial charge in [0.05, 0.1) is 0 Å². The molecule has 0 N–H and O–H groups in total. The number of allylic oxidation sites excluding steroid dienone is 4. The zero-order valence-corrected chi connectivity index (χ0v) is 24.0. The first-order valence-electron chi connectivity index (χ1n) is 11.1. The zero-order valence-electron chi connectivity index (χ0n) is 19.9. The monoisotopic (exact) mass is 570 g/mol. The van der Waals surface area contributed by atoms with E-state index >= 15 is 0 Å². The second-order valence-corrected chi connectivity index (χ2v) is 16.0. The van der Waals surface area contributed by atoms with Gasteiger partial charge in [-0.2, -0.15) is 0 Å². The number of ether oxygens (including phenoxy) is 2. The van der Waals surface area contributed by atoms with Crippen LogP contribution in [-0.4, -0.2) is 17.4 Å². The van der Waals surface area contributed by atoms with E-state index in [1.807, 2.05) is 6.07 Å². The third kappa shape index (κ3) is 4.63. The molecule has 0 heterocycles. The van der Waals surface area contributed by atoms with Crippen LogP contribution >= 0.6 is 24.8 Å². The fraction of sp³-hybridized carbons (Fsp3) is 0.207. The van der Waals surface area contributed by atoms with Gasteiger partial charge in [-0.3, -0.25) is 0 Å². The standard InChI is InChI=1S/C13H13O2.C13H9.C3H6.2ClH.Zr/c1-14-12-7-11(8-13(9-12)15-2)10-5-3-4-6-10;1-3-7-12-10(5-1)9-11-6-2-4-8-13(11)12;1-3-2;;;/h3,5,7-9H,4H2,1-2H3;1-9H;1-2H3;2*1H;. The molecule has 176 valence electrons. The number of methoxy groups -OCH3 is 2. The molecule has 34 heavy (non-hydrogen) atoms. The Morgan fingerprint density at radius 2 is 1.32 bits per heavy atom. The van der Waals surface area contributed by atoms with Gasteiger partial charge in [0, 0.05) is 0 Å². The summed E-state index contributed by atoms with van der Waals surface area (Å²) in [6, 6.07) is 24.3. The maximum Gasteiger partial charge on any atom is -0.147 e. The van der Waals surface area contributed by atoms with Crippen molar-refractivity contribution in [2.24, 2.45) is 0 Å². The van der Waals surface area contributed by atoms with Crippen molar-refractivity contribution in [3.05, 3.63) is 98.9 Å². The van der Waals surface area contributed by atoms with Gasteiger partial charge >= 0.3 is 199 Å². The molecule has 0 spiro atoms. The molecule has 5 heteroatoms. The summed E-state index contributed by atoms with van der Waals surface area (Å²) < 4.78 is 15.0. The topological polar surface area (TPSA) is 18.5 Å². The first-order chi connectivity index (χ1) is 15.6. The molecule has 0 bridgehead atoms. The molecular weight excluding hydrogens is 542 g/mol. The Morgan fingerprint density at radius 1 is 0.794 bits per heavy atom. The number of fused-ring (bicyclic) bond motifs is 3. The fourth-order valence-corrected chi connectivity index (χ4v) is 13.9. The van der Waals surface area contributed by atoms with Gasteiger partial charge in [-0.15, -0.1) is 24.8 Å². The molecule has 2 aliphatic carbocycles. The Hall–Kier alpha value is -1.93. The maximum atomic E-state index is 5.58. The molecular formula is C29H30Cl2O2Zr. The van der Waals surface area contributed by atoms with Crippen LogP contribution in [0.4, 0.5) is 0 Å². The van der Waals surface area contributed by atoms with Crippen LogP contribution in [-0.2, 0) is 21.3 Å². The van der Waals surface area contributed by atoms with Gasteiger partial charge in [0.1, 0.15) is 0 Å². The summed E-state index contributed by atoms with van der Waals surface area (Å²) in [5, 5.41) is 0. The minimum Gasteiger partial charge on any atom is -0.147 e. The van der Waals surface area contributed by atoms with Crippen molar-refractivity contribution in [2.75, 3.05) is 14.2 Å². The first kappa shape index (κ1) is 26.7. The average molecular weight is 573 g/mol. The Bertz CT molecular complexity index is 1240. The Morgan fingerprint density at radius 3 is 1.82 bits per heavy atom. The van der Waals surface area contributed by atoms with Crippen molar-refractivity contribution in [2.45, 2.75) is 23.9 Å². The average Bonchev–Trinajstić information content (AvgIpc) is 3.43. The number of halogens is 2. The van der Waals surface area contributed by atoms with Crippen molar-refractivity contribution in [3.8, 4) is 22.6 Å². The second-order valence-electron chi connectivity index (χ2n) is 8.62. The van der Waals surface area contributed by atoms with Crippen molar-refractivity contribution in [3.63, 3.8) is 0 Å². The minimum absolute atomic E-state index is 0. The van der Waals surface area contributed by atoms with Crippen LogP contribution in [0.15, 0.2) is 82.2 Å². The van der Waals surface area contributed by atoms with E-state index in [4.69, 9.17) is 9.47 Å². The molecule has 0 aliphatic heterocycles. The summed E-state index contributed by atoms with van der Waals surface area (Å²) in [4.78, 5) is 0. The van der Waals surface area contributed by atoms with E-state index < -0.39 is 21.3 Å². The van der Waals surface area contributed by atoms with Crippen LogP contribution in [0, 0.1) is 0 Å². The molecule has 2 aliphatic rings. The molecule has 0 radical (unpaired) electrons. The van der Waals surface area contributed by atoms with Crippen LogP contribution in [0.25, 0.3) is 16.7 Å². The van der Waals surface area contributed by atoms with Crippen LogP contribution in [0.2, 0.25) is 0 Å². The second kappa shape index (κ2) is 11.2. The number of hydrogen-bond donors (Lipinski definition) is 0. The number of benzene rings is 3. The summed E-state index contributed by atoms with van der Waals surface area (Å²) in [5.41, 5.74) is 8.45. The molecule has 0 atom stereocenters. The third-order valence-electron chi connectivity index (χ3n) is 6.58. The van der Waals surface area contributed by atoms with Gasteiger partial charge in [-0.25, -0.2) is 0 Å². The number of rotatable bonds is 5. The Kier molecular flexibility index (Phi) is 8.79. The summed E-state index contributed by atoms with van der Waals surface area (Å²) in [7, 11) is 3.44. The predicted octanol–water partition coefficient (Wildman–Crippen LogP) is 7.82. The zero-order chi connectivity index (χ0) is 22.2. The molecule has 0 unspecified atom stereocenters. The van der Waals surface area contributed by atoms with Gasteiger partial charge in [0.2, 0.25) is 0 Å². The summed E-state index contributed by atoms with van der Waals surface area (Å²) in [6.07, 6.45) is 5.71. The van der Waals surface area contributed by atoms with Gasteiger partial charge in [-0.05, 0) is 0 Å². The first-order valence-corrected chi connectivity index (χ1v) is 15.0. The Balaban J connectivity index is 0.00000162. The minimum atomic E-state index is -2.27. The van der Waals surface area contributed by atoms with Gasteiger partial charge in [0.15, 0.2) is 0 Å². The van der Waals surface area contributed by atoms with Gasteiger partial charge in [-0.1, -0.05) is 0 Å². The van der Waals surface area contributed by atoms with Crippen LogP contribution in [0.3, 0.4) is 0 Å². The largest absolute Gasteiger partial charge is 0.147 e. The third-order valence-corrected chi connectivity index (χ3v) is 14.9. The quantitative estimate of drug-likeness (QED) is 0.310. The van der Waals surface area contributed by atoms with Crippen molar-refractivity contribution >= 4 is 33.6 Å². The molecule has 0 amide bonds. The van der Waals surface area contributed by atoms with Crippen LogP contribution in [0.5, 0.6) is 11.5 Å². The van der Waals surface area contributed by atoms with Crippen LogP contribution < -0.4 is 9.47 Å². The van der Waals surface area contributed by atoms with Gasteiger partial charge < -0.3 is 0 Å². The van der Waals surface area contributed by atoms with Crippen molar-refractivity contribution in [1.82, 2.24) is 0 Å². The van der Waals surface area contributed by atoms with E-state index in [0.29, 0.717) is 3.63 Å². The molecule has 0 saturated heterocycles. The van der Waals surface area contributed by atoms with E-state index in [1.54, 1.807) is 20.7 Å². The van der Waals surface area contributed by atoms with Gasteiger partial charge in [0.25, 0.3) is 0 Å². The van der Waals surface area contributed by atoms with E-state index in [2.05, 4.69) is 86.7 Å². The summed E-state index contributed by atoms with van der Waals surface area (Å²) in [5.74, 6) is 1.68. The SMILES string of the molecule is COc1cc(OC)cc(C2=[C]([Zr](=[C](C)C)[CH]3c4ccccc4-c4ccccc43)CC=C2)c1.Cl.Cl.